The summed E-state index contributed by atoms with van der Waals surface area (Å²) in [5.41, 5.74) is 8.34. The van der Waals surface area contributed by atoms with Gasteiger partial charge in [0.15, 0.2) is 0 Å². The number of aryl methyl sites for hydroxylation is 3. The molecular formula is C19H24N4O3S. The summed E-state index contributed by atoms with van der Waals surface area (Å²) in [5, 5.41) is 0. The van der Waals surface area contributed by atoms with Crippen molar-refractivity contribution in [3.8, 4) is 0 Å². The lowest BCUT2D eigenvalue weighted by Crippen LogP contribution is -2.49. The number of nitrogens with zero attached hydrogens (tertiary/aromatic N) is 3. The molecule has 1 saturated heterocycles. The van der Waals surface area contributed by atoms with Gasteiger partial charge in [-0.1, -0.05) is 17.7 Å². The monoisotopic (exact) mass is 388 g/mol. The van der Waals surface area contributed by atoms with E-state index in [0.717, 1.165) is 16.7 Å². The number of hydrogen-bond donors (Lipinski definition) is 1. The van der Waals surface area contributed by atoms with Gasteiger partial charge in [0.25, 0.3) is 5.91 Å². The Morgan fingerprint density at radius 1 is 1.07 bits per heavy atom. The predicted molar refractivity (Wildman–Crippen MR) is 104 cm³/mol. The fraction of sp³-hybridized carbons (Fsp3) is 0.368. The van der Waals surface area contributed by atoms with Crippen molar-refractivity contribution in [2.75, 3.05) is 31.1 Å². The number of carbonyl (C=O) groups is 1. The lowest BCUT2D eigenvalue weighted by atomic mass is 10.1. The van der Waals surface area contributed by atoms with Crippen LogP contribution in [0, 0.1) is 20.8 Å². The lowest BCUT2D eigenvalue weighted by Gasteiger charge is -2.35. The summed E-state index contributed by atoms with van der Waals surface area (Å²) < 4.78 is 27.9. The van der Waals surface area contributed by atoms with E-state index in [2.05, 4.69) is 4.98 Å². The highest BCUT2D eigenvalue weighted by Crippen LogP contribution is 2.27. The third-order valence-electron chi connectivity index (χ3n) is 4.79. The molecule has 2 heterocycles. The molecular weight excluding hydrogens is 364 g/mol. The molecule has 0 spiro atoms. The van der Waals surface area contributed by atoms with Gasteiger partial charge in [-0.25, -0.2) is 13.4 Å². The van der Waals surface area contributed by atoms with Crippen LogP contribution in [-0.2, 0) is 10.0 Å². The molecule has 0 saturated carbocycles. The maximum Gasteiger partial charge on any atom is 0.252 e. The number of rotatable bonds is 4. The molecule has 0 aliphatic carbocycles. The molecule has 27 heavy (non-hydrogen) atoms. The van der Waals surface area contributed by atoms with Gasteiger partial charge in [0, 0.05) is 32.4 Å². The van der Waals surface area contributed by atoms with Crippen molar-refractivity contribution in [2.45, 2.75) is 25.7 Å². The SMILES string of the molecule is Cc1cc(C)c(S(=O)(=O)N2CCN(c3ncccc3C(N)=O)CC2)c(C)c1. The third-order valence-corrected chi connectivity index (χ3v) is 7.00. The number of amides is 1. The fourth-order valence-electron chi connectivity index (χ4n) is 3.68. The zero-order chi connectivity index (χ0) is 19.8. The second kappa shape index (κ2) is 7.28. The molecule has 0 atom stereocenters. The van der Waals surface area contributed by atoms with Crippen molar-refractivity contribution in [3.05, 3.63) is 52.7 Å². The highest BCUT2D eigenvalue weighted by atomic mass is 32.2. The van der Waals surface area contributed by atoms with E-state index < -0.39 is 15.9 Å². The molecule has 1 aliphatic heterocycles. The molecule has 2 aromatic rings. The quantitative estimate of drug-likeness (QED) is 0.858. The molecule has 1 aromatic heterocycles. The highest BCUT2D eigenvalue weighted by molar-refractivity contribution is 7.89. The molecule has 2 N–H and O–H groups in total. The van der Waals surface area contributed by atoms with Gasteiger partial charge < -0.3 is 10.6 Å². The number of carbonyl (C=O) groups excluding carboxylic acids is 1. The van der Waals surface area contributed by atoms with Crippen LogP contribution < -0.4 is 10.6 Å². The highest BCUT2D eigenvalue weighted by Gasteiger charge is 2.32. The van der Waals surface area contributed by atoms with Gasteiger partial charge in [0.05, 0.1) is 10.5 Å². The maximum absolute atomic E-state index is 13.2. The van der Waals surface area contributed by atoms with Crippen LogP contribution in [0.4, 0.5) is 5.82 Å². The normalized spacial score (nSPS) is 15.7. The van der Waals surface area contributed by atoms with Crippen LogP contribution in [0.25, 0.3) is 0 Å². The predicted octanol–water partition coefficient (Wildman–Crippen LogP) is 1.62. The van der Waals surface area contributed by atoms with Gasteiger partial charge >= 0.3 is 0 Å². The maximum atomic E-state index is 13.2. The number of aromatic nitrogens is 1. The zero-order valence-electron chi connectivity index (χ0n) is 15.8. The molecule has 0 radical (unpaired) electrons. The van der Waals surface area contributed by atoms with Gasteiger partial charge in [0.1, 0.15) is 5.82 Å². The number of pyridine rings is 1. The molecule has 0 unspecified atom stereocenters. The standard InChI is InChI=1S/C19H24N4O3S/c1-13-11-14(2)17(15(3)12-13)27(25,26)23-9-7-22(8-10-23)19-16(18(20)24)5-4-6-21-19/h4-6,11-12H,7-10H2,1-3H3,(H2,20,24). The van der Waals surface area contributed by atoms with Gasteiger partial charge in [-0.2, -0.15) is 4.31 Å². The van der Waals surface area contributed by atoms with Crippen molar-refractivity contribution in [1.82, 2.24) is 9.29 Å². The van der Waals surface area contributed by atoms with E-state index in [1.807, 2.05) is 37.8 Å². The van der Waals surface area contributed by atoms with Crippen LogP contribution in [0.15, 0.2) is 35.4 Å². The number of sulfonamides is 1. The molecule has 1 amide bonds. The average Bonchev–Trinajstić information content (AvgIpc) is 2.60. The van der Waals surface area contributed by atoms with Crippen LogP contribution in [0.5, 0.6) is 0 Å². The minimum absolute atomic E-state index is 0.323. The Morgan fingerprint density at radius 2 is 1.67 bits per heavy atom. The van der Waals surface area contributed by atoms with Gasteiger partial charge in [-0.3, -0.25) is 4.79 Å². The number of nitrogens with two attached hydrogens (primary N) is 1. The first-order chi connectivity index (χ1) is 12.7. The first-order valence-electron chi connectivity index (χ1n) is 8.79. The summed E-state index contributed by atoms with van der Waals surface area (Å²) >= 11 is 0. The molecule has 1 aliphatic rings. The summed E-state index contributed by atoms with van der Waals surface area (Å²) in [7, 11) is -3.58. The summed E-state index contributed by atoms with van der Waals surface area (Å²) in [6, 6.07) is 7.08. The van der Waals surface area contributed by atoms with E-state index in [1.165, 1.54) is 4.31 Å². The molecule has 0 bridgehead atoms. The van der Waals surface area contributed by atoms with E-state index >= 15 is 0 Å². The van der Waals surface area contributed by atoms with Crippen molar-refractivity contribution in [2.24, 2.45) is 5.73 Å². The molecule has 1 aromatic carbocycles. The van der Waals surface area contributed by atoms with Gasteiger partial charge in [-0.15, -0.1) is 0 Å². The molecule has 1 fully saturated rings. The second-order valence-electron chi connectivity index (χ2n) is 6.86. The van der Waals surface area contributed by atoms with Crippen molar-refractivity contribution in [3.63, 3.8) is 0 Å². The minimum Gasteiger partial charge on any atom is -0.365 e. The Bertz CT molecular complexity index is 957. The van der Waals surface area contributed by atoms with Crippen LogP contribution in [0.1, 0.15) is 27.0 Å². The van der Waals surface area contributed by atoms with Gasteiger partial charge in [0.2, 0.25) is 10.0 Å². The number of benzene rings is 1. The van der Waals surface area contributed by atoms with Gasteiger partial charge in [-0.05, 0) is 44.0 Å². The molecule has 7 nitrogen and oxygen atoms in total. The number of primary amides is 1. The van der Waals surface area contributed by atoms with E-state index in [4.69, 9.17) is 5.73 Å². The van der Waals surface area contributed by atoms with Crippen LogP contribution in [0.3, 0.4) is 0 Å². The third kappa shape index (κ3) is 3.68. The number of piperazine rings is 1. The van der Waals surface area contributed by atoms with E-state index in [-0.39, 0.29) is 0 Å². The summed E-state index contributed by atoms with van der Waals surface area (Å²) in [5.74, 6) is -0.0381. The summed E-state index contributed by atoms with van der Waals surface area (Å²) in [4.78, 5) is 18.2. The Morgan fingerprint density at radius 3 is 2.22 bits per heavy atom. The topological polar surface area (TPSA) is 96.6 Å². The van der Waals surface area contributed by atoms with Crippen LogP contribution in [-0.4, -0.2) is 49.8 Å². The Kier molecular flexibility index (Phi) is 5.21. The average molecular weight is 388 g/mol. The number of anilines is 1. The first-order valence-corrected chi connectivity index (χ1v) is 10.2. The number of hydrogen-bond acceptors (Lipinski definition) is 5. The Balaban J connectivity index is 1.83. The Hall–Kier alpha value is -2.45. The zero-order valence-corrected chi connectivity index (χ0v) is 16.6. The molecule has 3 rings (SSSR count). The van der Waals surface area contributed by atoms with E-state index in [1.54, 1.807) is 18.3 Å². The summed E-state index contributed by atoms with van der Waals surface area (Å²) in [6.07, 6.45) is 1.60. The minimum atomic E-state index is -3.58. The van der Waals surface area contributed by atoms with E-state index in [0.29, 0.717) is 42.5 Å². The fourth-order valence-corrected chi connectivity index (χ4v) is 5.52. The first kappa shape index (κ1) is 19.3. The lowest BCUT2D eigenvalue weighted by molar-refractivity contribution is 0.1000. The summed E-state index contributed by atoms with van der Waals surface area (Å²) in [6.45, 7) is 7.15. The molecule has 144 valence electrons. The van der Waals surface area contributed by atoms with Crippen LogP contribution in [0.2, 0.25) is 0 Å². The van der Waals surface area contributed by atoms with Crippen molar-refractivity contribution >= 4 is 21.7 Å². The Labute approximate surface area is 159 Å². The molecule has 8 heteroatoms. The van der Waals surface area contributed by atoms with Crippen LogP contribution >= 0.6 is 0 Å². The largest absolute Gasteiger partial charge is 0.365 e. The second-order valence-corrected chi connectivity index (χ2v) is 8.73. The smallest absolute Gasteiger partial charge is 0.252 e. The van der Waals surface area contributed by atoms with Crippen molar-refractivity contribution < 1.29 is 13.2 Å². The van der Waals surface area contributed by atoms with Crippen molar-refractivity contribution in [1.29, 1.82) is 0 Å². The van der Waals surface area contributed by atoms with E-state index in [9.17, 15) is 13.2 Å².